The maximum absolute atomic E-state index is 12.2. The van der Waals surface area contributed by atoms with Crippen LogP contribution in [0.1, 0.15) is 15.9 Å². The molecule has 0 aliphatic heterocycles. The molecule has 1 N–H and O–H groups in total. The van der Waals surface area contributed by atoms with Crippen molar-refractivity contribution in [3.8, 4) is 23.3 Å². The molecule has 2 rings (SSSR count). The minimum atomic E-state index is -0.252. The van der Waals surface area contributed by atoms with Gasteiger partial charge in [-0.05, 0) is 24.3 Å². The molecule has 2 aromatic rings. The summed E-state index contributed by atoms with van der Waals surface area (Å²) in [6, 6.07) is 14.8. The Morgan fingerprint density at radius 3 is 2.50 bits per heavy atom. The maximum atomic E-state index is 12.2. The standard InChI is InChI=1S/C18H17NO3/c1-21-16-12-6-11-15(17(16)22-2)18(20)19-13-7-10-14-8-4-3-5-9-14/h3-6,8-9,11-12H,13H2,1-2H3,(H,19,20). The summed E-state index contributed by atoms with van der Waals surface area (Å²) in [5.41, 5.74) is 1.33. The van der Waals surface area contributed by atoms with Crippen LogP contribution in [0, 0.1) is 11.8 Å². The first-order valence-corrected chi connectivity index (χ1v) is 6.79. The number of amides is 1. The molecule has 0 bridgehead atoms. The zero-order chi connectivity index (χ0) is 15.8. The van der Waals surface area contributed by atoms with Crippen LogP contribution >= 0.6 is 0 Å². The summed E-state index contributed by atoms with van der Waals surface area (Å²) < 4.78 is 10.4. The van der Waals surface area contributed by atoms with Gasteiger partial charge in [0.05, 0.1) is 26.3 Å². The predicted molar refractivity (Wildman–Crippen MR) is 85.2 cm³/mol. The summed E-state index contributed by atoms with van der Waals surface area (Å²) in [6.07, 6.45) is 0. The second-order valence-electron chi connectivity index (χ2n) is 4.39. The van der Waals surface area contributed by atoms with Crippen molar-refractivity contribution in [3.05, 3.63) is 59.7 Å². The maximum Gasteiger partial charge on any atom is 0.255 e. The van der Waals surface area contributed by atoms with E-state index >= 15 is 0 Å². The van der Waals surface area contributed by atoms with Crippen LogP contribution < -0.4 is 14.8 Å². The first-order valence-electron chi connectivity index (χ1n) is 6.79. The van der Waals surface area contributed by atoms with Gasteiger partial charge in [0.1, 0.15) is 0 Å². The molecule has 0 heterocycles. The summed E-state index contributed by atoms with van der Waals surface area (Å²) in [7, 11) is 3.04. The molecule has 0 aliphatic carbocycles. The van der Waals surface area contributed by atoms with Gasteiger partial charge in [0.15, 0.2) is 11.5 Å². The Kier molecular flexibility index (Phi) is 5.44. The number of carbonyl (C=O) groups is 1. The smallest absolute Gasteiger partial charge is 0.255 e. The van der Waals surface area contributed by atoms with Crippen molar-refractivity contribution in [1.82, 2.24) is 5.32 Å². The van der Waals surface area contributed by atoms with Gasteiger partial charge in [0.25, 0.3) is 5.91 Å². The second kappa shape index (κ2) is 7.75. The van der Waals surface area contributed by atoms with Crippen LogP contribution in [0.15, 0.2) is 48.5 Å². The highest BCUT2D eigenvalue weighted by Crippen LogP contribution is 2.30. The molecule has 0 saturated carbocycles. The van der Waals surface area contributed by atoms with Crippen LogP contribution in [-0.2, 0) is 0 Å². The summed E-state index contributed by atoms with van der Waals surface area (Å²) >= 11 is 0. The zero-order valence-corrected chi connectivity index (χ0v) is 12.6. The molecule has 0 radical (unpaired) electrons. The van der Waals surface area contributed by atoms with Crippen LogP contribution in [0.4, 0.5) is 0 Å². The minimum absolute atomic E-state index is 0.252. The van der Waals surface area contributed by atoms with Gasteiger partial charge >= 0.3 is 0 Å². The highest BCUT2D eigenvalue weighted by atomic mass is 16.5. The van der Waals surface area contributed by atoms with Crippen molar-refractivity contribution >= 4 is 5.91 Å². The molecule has 2 aromatic carbocycles. The van der Waals surface area contributed by atoms with Crippen molar-refractivity contribution in [1.29, 1.82) is 0 Å². The van der Waals surface area contributed by atoms with Gasteiger partial charge in [-0.3, -0.25) is 4.79 Å². The lowest BCUT2D eigenvalue weighted by Crippen LogP contribution is -2.24. The van der Waals surface area contributed by atoms with Gasteiger partial charge in [-0.2, -0.15) is 0 Å². The highest BCUT2D eigenvalue weighted by molar-refractivity contribution is 5.97. The average Bonchev–Trinajstić information content (AvgIpc) is 2.58. The molecule has 112 valence electrons. The average molecular weight is 295 g/mol. The first kappa shape index (κ1) is 15.5. The van der Waals surface area contributed by atoms with E-state index in [2.05, 4.69) is 17.2 Å². The topological polar surface area (TPSA) is 47.6 Å². The highest BCUT2D eigenvalue weighted by Gasteiger charge is 2.15. The molecular weight excluding hydrogens is 278 g/mol. The Hall–Kier alpha value is -2.93. The molecule has 0 unspecified atom stereocenters. The van der Waals surface area contributed by atoms with Crippen LogP contribution in [0.3, 0.4) is 0 Å². The number of para-hydroxylation sites is 1. The molecular formula is C18H17NO3. The predicted octanol–water partition coefficient (Wildman–Crippen LogP) is 2.49. The number of ether oxygens (including phenoxy) is 2. The number of benzene rings is 2. The van der Waals surface area contributed by atoms with Gasteiger partial charge in [0.2, 0.25) is 0 Å². The van der Waals surface area contributed by atoms with E-state index in [1.165, 1.54) is 14.2 Å². The zero-order valence-electron chi connectivity index (χ0n) is 12.6. The van der Waals surface area contributed by atoms with Gasteiger partial charge in [0, 0.05) is 5.56 Å². The molecule has 22 heavy (non-hydrogen) atoms. The van der Waals surface area contributed by atoms with E-state index in [4.69, 9.17) is 9.47 Å². The third-order valence-electron chi connectivity index (χ3n) is 2.99. The van der Waals surface area contributed by atoms with Crippen LogP contribution in [0.5, 0.6) is 11.5 Å². The Balaban J connectivity index is 2.03. The van der Waals surface area contributed by atoms with Gasteiger partial charge in [-0.1, -0.05) is 36.1 Å². The third kappa shape index (κ3) is 3.80. The van der Waals surface area contributed by atoms with E-state index in [1.54, 1.807) is 18.2 Å². The van der Waals surface area contributed by atoms with Crippen molar-refractivity contribution in [2.24, 2.45) is 0 Å². The summed E-state index contributed by atoms with van der Waals surface area (Å²) in [5, 5.41) is 2.75. The number of nitrogens with one attached hydrogen (secondary N) is 1. The van der Waals surface area contributed by atoms with Crippen LogP contribution in [0.25, 0.3) is 0 Å². The van der Waals surface area contributed by atoms with Crippen molar-refractivity contribution in [2.75, 3.05) is 20.8 Å². The molecule has 4 heteroatoms. The summed E-state index contributed by atoms with van der Waals surface area (Å²) in [4.78, 5) is 12.2. The lowest BCUT2D eigenvalue weighted by Gasteiger charge is -2.11. The summed E-state index contributed by atoms with van der Waals surface area (Å²) in [6.45, 7) is 0.258. The Bertz CT molecular complexity index is 699. The summed E-state index contributed by atoms with van der Waals surface area (Å²) in [5.74, 6) is 6.58. The molecule has 0 aliphatic rings. The minimum Gasteiger partial charge on any atom is -0.493 e. The van der Waals surface area contributed by atoms with Gasteiger partial charge in [-0.25, -0.2) is 0 Å². The molecule has 4 nitrogen and oxygen atoms in total. The quantitative estimate of drug-likeness (QED) is 0.882. The van der Waals surface area contributed by atoms with E-state index < -0.39 is 0 Å². The lowest BCUT2D eigenvalue weighted by molar-refractivity contribution is 0.0955. The normalized spacial score (nSPS) is 9.36. The van der Waals surface area contributed by atoms with E-state index in [1.807, 2.05) is 30.3 Å². The second-order valence-corrected chi connectivity index (χ2v) is 4.39. The Morgan fingerprint density at radius 2 is 1.82 bits per heavy atom. The van der Waals surface area contributed by atoms with E-state index in [0.29, 0.717) is 17.1 Å². The number of methoxy groups -OCH3 is 2. The van der Waals surface area contributed by atoms with Crippen molar-refractivity contribution in [2.45, 2.75) is 0 Å². The molecule has 0 saturated heterocycles. The SMILES string of the molecule is COc1cccc(C(=O)NCC#Cc2ccccc2)c1OC. The Labute approximate surface area is 130 Å². The van der Waals surface area contributed by atoms with Crippen molar-refractivity contribution in [3.63, 3.8) is 0 Å². The van der Waals surface area contributed by atoms with Crippen LogP contribution in [0.2, 0.25) is 0 Å². The number of hydrogen-bond acceptors (Lipinski definition) is 3. The van der Waals surface area contributed by atoms with Crippen molar-refractivity contribution < 1.29 is 14.3 Å². The number of carbonyl (C=O) groups excluding carboxylic acids is 1. The third-order valence-corrected chi connectivity index (χ3v) is 2.99. The monoisotopic (exact) mass is 295 g/mol. The van der Waals surface area contributed by atoms with Crippen LogP contribution in [-0.4, -0.2) is 26.7 Å². The van der Waals surface area contributed by atoms with E-state index in [9.17, 15) is 4.79 Å². The largest absolute Gasteiger partial charge is 0.493 e. The fourth-order valence-electron chi connectivity index (χ4n) is 1.95. The molecule has 0 spiro atoms. The number of hydrogen-bond donors (Lipinski definition) is 1. The molecule has 1 amide bonds. The van der Waals surface area contributed by atoms with E-state index in [-0.39, 0.29) is 12.5 Å². The van der Waals surface area contributed by atoms with Gasteiger partial charge in [-0.15, -0.1) is 0 Å². The molecule has 0 atom stereocenters. The fraction of sp³-hybridized carbons (Fsp3) is 0.167. The van der Waals surface area contributed by atoms with Gasteiger partial charge < -0.3 is 14.8 Å². The first-order chi connectivity index (χ1) is 10.8. The molecule has 0 fully saturated rings. The number of rotatable bonds is 4. The van der Waals surface area contributed by atoms with E-state index in [0.717, 1.165) is 5.56 Å². The fourth-order valence-corrected chi connectivity index (χ4v) is 1.95. The lowest BCUT2D eigenvalue weighted by atomic mass is 10.1. The Morgan fingerprint density at radius 1 is 1.05 bits per heavy atom. The molecule has 0 aromatic heterocycles.